The number of likely N-dealkylation sites (tertiary alicyclic amines) is 1. The normalized spacial score (nSPS) is 18.0. The fourth-order valence-corrected chi connectivity index (χ4v) is 3.19. The minimum Gasteiger partial charge on any atom is -0.336 e. The fourth-order valence-electron chi connectivity index (χ4n) is 3.19. The summed E-state index contributed by atoms with van der Waals surface area (Å²) in [6.07, 6.45) is 2.09. The average Bonchev–Trinajstić information content (AvgIpc) is 2.88. The molecular weight excluding hydrogens is 302 g/mol. The van der Waals surface area contributed by atoms with Crippen molar-refractivity contribution < 1.29 is 9.59 Å². The number of urea groups is 1. The Morgan fingerprint density at radius 1 is 1.21 bits per heavy atom. The smallest absolute Gasteiger partial charge is 0.319 e. The third-order valence-electron chi connectivity index (χ3n) is 4.51. The molecule has 0 spiro atoms. The molecule has 0 radical (unpaired) electrons. The van der Waals surface area contributed by atoms with E-state index in [1.807, 2.05) is 43.9 Å². The van der Waals surface area contributed by atoms with Crippen LogP contribution in [0.2, 0.25) is 0 Å². The summed E-state index contributed by atoms with van der Waals surface area (Å²) >= 11 is 0. The van der Waals surface area contributed by atoms with Gasteiger partial charge in [0.05, 0.1) is 6.04 Å². The van der Waals surface area contributed by atoms with E-state index in [9.17, 15) is 9.59 Å². The molecule has 5 heteroatoms. The molecule has 1 fully saturated rings. The topological polar surface area (TPSA) is 61.4 Å². The summed E-state index contributed by atoms with van der Waals surface area (Å²) in [5, 5.41) is 5.95. The predicted octanol–water partition coefficient (Wildman–Crippen LogP) is 3.33. The van der Waals surface area contributed by atoms with Crippen molar-refractivity contribution in [1.29, 1.82) is 0 Å². The lowest BCUT2D eigenvalue weighted by molar-refractivity contribution is -0.131. The predicted molar refractivity (Wildman–Crippen MR) is 97.2 cm³/mol. The first-order valence-electron chi connectivity index (χ1n) is 8.75. The van der Waals surface area contributed by atoms with Gasteiger partial charge in [0.15, 0.2) is 0 Å². The van der Waals surface area contributed by atoms with Gasteiger partial charge in [0.1, 0.15) is 0 Å². The first-order chi connectivity index (χ1) is 11.3. The third kappa shape index (κ3) is 4.08. The molecule has 1 aromatic rings. The van der Waals surface area contributed by atoms with Crippen LogP contribution in [0.4, 0.5) is 10.5 Å². The Kier molecular flexibility index (Phi) is 5.52. The molecule has 1 aliphatic rings. The second-order valence-corrected chi connectivity index (χ2v) is 7.33. The number of hydrogen-bond acceptors (Lipinski definition) is 2. The molecule has 1 saturated heterocycles. The third-order valence-corrected chi connectivity index (χ3v) is 4.51. The minimum atomic E-state index is -0.237. The lowest BCUT2D eigenvalue weighted by atomic mass is 10.0. The van der Waals surface area contributed by atoms with Crippen molar-refractivity contribution in [1.82, 2.24) is 10.2 Å². The van der Waals surface area contributed by atoms with Gasteiger partial charge in [-0.15, -0.1) is 0 Å². The van der Waals surface area contributed by atoms with E-state index in [4.69, 9.17) is 0 Å². The van der Waals surface area contributed by atoms with Crippen molar-refractivity contribution in [3.63, 3.8) is 0 Å². The number of carbonyl (C=O) groups is 2. The van der Waals surface area contributed by atoms with Crippen LogP contribution in [0.15, 0.2) is 18.2 Å². The van der Waals surface area contributed by atoms with Gasteiger partial charge in [-0.25, -0.2) is 4.79 Å². The molecule has 5 nitrogen and oxygen atoms in total. The number of carbonyl (C=O) groups excluding carboxylic acids is 2. The number of aryl methyl sites for hydroxylation is 2. The molecule has 3 amide bonds. The SMILES string of the molecule is CCc1cccc(CC)c1NC(=O)NC1CC(=O)N(C(C)(C)C)C1. The van der Waals surface area contributed by atoms with Crippen LogP contribution in [0.1, 0.15) is 52.2 Å². The van der Waals surface area contributed by atoms with E-state index in [-0.39, 0.29) is 23.5 Å². The molecule has 2 N–H and O–H groups in total. The first-order valence-corrected chi connectivity index (χ1v) is 8.75. The van der Waals surface area contributed by atoms with Gasteiger partial charge in [-0.1, -0.05) is 32.0 Å². The summed E-state index contributed by atoms with van der Waals surface area (Å²) < 4.78 is 0. The highest BCUT2D eigenvalue weighted by atomic mass is 16.2. The van der Waals surface area contributed by atoms with Gasteiger partial charge in [-0.05, 0) is 44.7 Å². The highest BCUT2D eigenvalue weighted by Crippen LogP contribution is 2.24. The summed E-state index contributed by atoms with van der Waals surface area (Å²) in [6, 6.07) is 5.72. The van der Waals surface area contributed by atoms with E-state index >= 15 is 0 Å². The van der Waals surface area contributed by atoms with Crippen molar-refractivity contribution in [2.45, 2.75) is 65.5 Å². The molecule has 0 bridgehead atoms. The zero-order valence-corrected chi connectivity index (χ0v) is 15.4. The monoisotopic (exact) mass is 331 g/mol. The molecule has 1 unspecified atom stereocenters. The number of nitrogens with zero attached hydrogens (tertiary/aromatic N) is 1. The summed E-state index contributed by atoms with van der Waals surface area (Å²) in [4.78, 5) is 26.4. The molecule has 1 aliphatic heterocycles. The highest BCUT2D eigenvalue weighted by molar-refractivity contribution is 5.92. The van der Waals surface area contributed by atoms with Crippen molar-refractivity contribution >= 4 is 17.6 Å². The van der Waals surface area contributed by atoms with Crippen LogP contribution in [0.25, 0.3) is 0 Å². The van der Waals surface area contributed by atoms with E-state index in [2.05, 4.69) is 24.5 Å². The largest absolute Gasteiger partial charge is 0.336 e. The summed E-state index contributed by atoms with van der Waals surface area (Å²) in [5.41, 5.74) is 2.94. The molecule has 2 rings (SSSR count). The molecule has 24 heavy (non-hydrogen) atoms. The lowest BCUT2D eigenvalue weighted by Crippen LogP contribution is -2.45. The van der Waals surface area contributed by atoms with Gasteiger partial charge in [-0.2, -0.15) is 0 Å². The first kappa shape index (κ1) is 18.3. The Labute approximate surface area is 144 Å². The molecule has 0 saturated carbocycles. The zero-order valence-electron chi connectivity index (χ0n) is 15.4. The van der Waals surface area contributed by atoms with Gasteiger partial charge in [0.2, 0.25) is 5.91 Å². The Balaban J connectivity index is 2.04. The van der Waals surface area contributed by atoms with Gasteiger partial charge in [-0.3, -0.25) is 4.79 Å². The van der Waals surface area contributed by atoms with Gasteiger partial charge in [0.25, 0.3) is 0 Å². The Hall–Kier alpha value is -2.04. The van der Waals surface area contributed by atoms with Crippen LogP contribution < -0.4 is 10.6 Å². The van der Waals surface area contributed by atoms with Crippen molar-refractivity contribution in [3.8, 4) is 0 Å². The maximum Gasteiger partial charge on any atom is 0.319 e. The summed E-state index contributed by atoms with van der Waals surface area (Å²) in [7, 11) is 0. The lowest BCUT2D eigenvalue weighted by Gasteiger charge is -2.32. The maximum absolute atomic E-state index is 12.4. The minimum absolute atomic E-state index is 0.0935. The van der Waals surface area contributed by atoms with E-state index in [1.165, 1.54) is 0 Å². The van der Waals surface area contributed by atoms with Crippen LogP contribution in [-0.2, 0) is 17.6 Å². The second kappa shape index (κ2) is 7.24. The van der Waals surface area contributed by atoms with Gasteiger partial charge >= 0.3 is 6.03 Å². The quantitative estimate of drug-likeness (QED) is 0.889. The van der Waals surface area contributed by atoms with Gasteiger partial charge in [0, 0.05) is 24.2 Å². The van der Waals surface area contributed by atoms with Crippen LogP contribution >= 0.6 is 0 Å². The van der Waals surface area contributed by atoms with E-state index < -0.39 is 0 Å². The highest BCUT2D eigenvalue weighted by Gasteiger charge is 2.36. The van der Waals surface area contributed by atoms with Crippen molar-refractivity contribution in [2.75, 3.05) is 11.9 Å². The van der Waals surface area contributed by atoms with Crippen LogP contribution in [0.5, 0.6) is 0 Å². The number of amides is 3. The number of nitrogens with one attached hydrogen (secondary N) is 2. The van der Waals surface area contributed by atoms with Gasteiger partial charge < -0.3 is 15.5 Å². The molecular formula is C19H29N3O2. The second-order valence-electron chi connectivity index (χ2n) is 7.33. The Morgan fingerprint density at radius 3 is 2.25 bits per heavy atom. The maximum atomic E-state index is 12.4. The molecule has 1 atom stereocenters. The molecule has 0 aromatic heterocycles. The van der Waals surface area contributed by atoms with Crippen molar-refractivity contribution in [2.24, 2.45) is 0 Å². The molecule has 1 heterocycles. The van der Waals surface area contributed by atoms with E-state index in [0.29, 0.717) is 13.0 Å². The van der Waals surface area contributed by atoms with Crippen LogP contribution in [-0.4, -0.2) is 35.0 Å². The van der Waals surface area contributed by atoms with Crippen LogP contribution in [0, 0.1) is 0 Å². The average molecular weight is 331 g/mol. The van der Waals surface area contributed by atoms with Crippen molar-refractivity contribution in [3.05, 3.63) is 29.3 Å². The summed E-state index contributed by atoms with van der Waals surface area (Å²) in [6.45, 7) is 10.8. The fraction of sp³-hybridized carbons (Fsp3) is 0.579. The molecule has 1 aromatic carbocycles. The number of para-hydroxylation sites is 1. The Bertz CT molecular complexity index is 597. The van der Waals surface area contributed by atoms with E-state index in [1.54, 1.807) is 0 Å². The number of rotatable bonds is 4. The zero-order chi connectivity index (χ0) is 17.9. The number of hydrogen-bond donors (Lipinski definition) is 2. The standard InChI is InChI=1S/C19H29N3O2/c1-6-13-9-8-10-14(7-2)17(13)21-18(24)20-15-11-16(23)22(12-15)19(3,4)5/h8-10,15H,6-7,11-12H2,1-5H3,(H2,20,21,24). The van der Waals surface area contributed by atoms with Crippen LogP contribution in [0.3, 0.4) is 0 Å². The Morgan fingerprint density at radius 2 is 1.79 bits per heavy atom. The number of anilines is 1. The summed E-state index contributed by atoms with van der Waals surface area (Å²) in [5.74, 6) is 0.0935. The van der Waals surface area contributed by atoms with E-state index in [0.717, 1.165) is 29.7 Å². The number of benzene rings is 1. The molecule has 132 valence electrons. The molecule has 0 aliphatic carbocycles.